The van der Waals surface area contributed by atoms with Crippen LogP contribution in [0.5, 0.6) is 11.5 Å². The molecule has 4 fully saturated rings. The fraction of sp³-hybridized carbons (Fsp3) is 0.650. The average molecular weight is 358 g/mol. The molecule has 1 aromatic carbocycles. The summed E-state index contributed by atoms with van der Waals surface area (Å²) in [5.74, 6) is 2.73. The Hall–Kier alpha value is -1.79. The molecule has 1 amide bonds. The number of amides is 1. The molecule has 5 aliphatic rings. The van der Waals surface area contributed by atoms with Crippen LogP contribution in [-0.2, 0) is 9.53 Å². The van der Waals surface area contributed by atoms with Gasteiger partial charge in [0.25, 0.3) is 0 Å². The number of carbonyl (C=O) groups is 1. The number of hydrogen-bond donors (Lipinski definition) is 0. The van der Waals surface area contributed by atoms with Crippen LogP contribution < -0.4 is 9.47 Å². The van der Waals surface area contributed by atoms with Gasteiger partial charge in [0.05, 0.1) is 6.04 Å². The highest BCUT2D eigenvalue weighted by atomic mass is 16.7. The first kappa shape index (κ1) is 16.4. The number of fused-ring (bicyclic) bond motifs is 3. The quantitative estimate of drug-likeness (QED) is 0.822. The second kappa shape index (κ2) is 6.43. The Balaban J connectivity index is 1.47. The predicted octanol–water partition coefficient (Wildman–Crippen LogP) is 1.84. The highest BCUT2D eigenvalue weighted by molar-refractivity contribution is 5.78. The number of nitrogens with zero attached hydrogens (tertiary/aromatic N) is 2. The molecule has 0 N–H and O–H groups in total. The molecule has 4 saturated heterocycles. The van der Waals surface area contributed by atoms with Gasteiger partial charge in [0, 0.05) is 25.1 Å². The molecule has 3 atom stereocenters. The molecule has 0 spiro atoms. The number of ether oxygens (including phenoxy) is 3. The molecule has 6 rings (SSSR count). The lowest BCUT2D eigenvalue weighted by atomic mass is 9.75. The third-order valence-electron chi connectivity index (χ3n) is 6.57. The molecule has 6 heteroatoms. The minimum absolute atomic E-state index is 0.138. The highest BCUT2D eigenvalue weighted by Gasteiger charge is 2.54. The van der Waals surface area contributed by atoms with Gasteiger partial charge in [-0.1, -0.05) is 6.07 Å². The van der Waals surface area contributed by atoms with Gasteiger partial charge in [-0.25, -0.2) is 0 Å². The summed E-state index contributed by atoms with van der Waals surface area (Å²) in [7, 11) is 0. The monoisotopic (exact) mass is 358 g/mol. The Bertz CT molecular complexity index is 701. The zero-order valence-corrected chi connectivity index (χ0v) is 15.2. The van der Waals surface area contributed by atoms with Crippen LogP contribution in [0.15, 0.2) is 18.2 Å². The molecule has 0 radical (unpaired) electrons. The van der Waals surface area contributed by atoms with Gasteiger partial charge in [-0.2, -0.15) is 0 Å². The zero-order valence-electron chi connectivity index (χ0n) is 15.2. The zero-order chi connectivity index (χ0) is 17.7. The molecule has 26 heavy (non-hydrogen) atoms. The van der Waals surface area contributed by atoms with E-state index in [0.717, 1.165) is 31.1 Å². The number of hydrogen-bond acceptors (Lipinski definition) is 5. The second-order valence-electron chi connectivity index (χ2n) is 7.76. The minimum Gasteiger partial charge on any atom is -0.454 e. The fourth-order valence-corrected chi connectivity index (χ4v) is 5.41. The molecule has 0 aromatic heterocycles. The van der Waals surface area contributed by atoms with Gasteiger partial charge in [0.15, 0.2) is 11.5 Å². The molecule has 0 aliphatic carbocycles. The summed E-state index contributed by atoms with van der Waals surface area (Å²) >= 11 is 0. The maximum absolute atomic E-state index is 12.8. The van der Waals surface area contributed by atoms with E-state index in [0.29, 0.717) is 37.3 Å². The van der Waals surface area contributed by atoms with Crippen LogP contribution in [0.25, 0.3) is 0 Å². The van der Waals surface area contributed by atoms with E-state index in [-0.39, 0.29) is 12.5 Å². The van der Waals surface area contributed by atoms with Crippen molar-refractivity contribution in [3.63, 3.8) is 0 Å². The summed E-state index contributed by atoms with van der Waals surface area (Å²) in [4.78, 5) is 17.6. The van der Waals surface area contributed by atoms with E-state index < -0.39 is 0 Å². The summed E-state index contributed by atoms with van der Waals surface area (Å²) < 4.78 is 16.5. The minimum atomic E-state index is 0.138. The van der Waals surface area contributed by atoms with Gasteiger partial charge in [-0.3, -0.25) is 9.69 Å². The van der Waals surface area contributed by atoms with E-state index >= 15 is 0 Å². The molecule has 5 heterocycles. The molecule has 140 valence electrons. The molecule has 2 bridgehead atoms. The fourth-order valence-electron chi connectivity index (χ4n) is 5.41. The van der Waals surface area contributed by atoms with Crippen LogP contribution in [0, 0.1) is 5.92 Å². The number of likely N-dealkylation sites (tertiary alicyclic amines) is 1. The van der Waals surface area contributed by atoms with Crippen LogP contribution in [0.3, 0.4) is 0 Å². The lowest BCUT2D eigenvalue weighted by Gasteiger charge is -2.51. The maximum atomic E-state index is 12.8. The van der Waals surface area contributed by atoms with E-state index in [1.165, 1.54) is 18.4 Å². The smallest absolute Gasteiger partial charge is 0.248 e. The molecule has 0 unspecified atom stereocenters. The molecule has 0 saturated carbocycles. The topological polar surface area (TPSA) is 51.2 Å². The summed E-state index contributed by atoms with van der Waals surface area (Å²) in [6.07, 6.45) is 2.40. The van der Waals surface area contributed by atoms with Gasteiger partial charge in [0.1, 0.15) is 6.61 Å². The summed E-state index contributed by atoms with van der Waals surface area (Å²) in [6.45, 7) is 6.08. The first-order valence-corrected chi connectivity index (χ1v) is 9.77. The first-order chi connectivity index (χ1) is 12.8. The van der Waals surface area contributed by atoms with Crippen molar-refractivity contribution in [1.29, 1.82) is 0 Å². The van der Waals surface area contributed by atoms with E-state index in [9.17, 15) is 4.79 Å². The average Bonchev–Trinajstić information content (AvgIpc) is 3.32. The number of benzene rings is 1. The first-order valence-electron chi connectivity index (χ1n) is 9.77. The van der Waals surface area contributed by atoms with Crippen LogP contribution in [-0.4, -0.2) is 67.4 Å². The van der Waals surface area contributed by atoms with Crippen LogP contribution in [0.4, 0.5) is 0 Å². The van der Waals surface area contributed by atoms with Crippen molar-refractivity contribution in [3.8, 4) is 11.5 Å². The van der Waals surface area contributed by atoms with Crippen LogP contribution in [0.1, 0.15) is 31.2 Å². The van der Waals surface area contributed by atoms with Crippen molar-refractivity contribution >= 4 is 5.91 Å². The molecule has 1 aromatic rings. The number of piperidine rings is 3. The Morgan fingerprint density at radius 3 is 2.81 bits per heavy atom. The van der Waals surface area contributed by atoms with Gasteiger partial charge in [-0.15, -0.1) is 0 Å². The number of carbonyl (C=O) groups excluding carboxylic acids is 1. The highest BCUT2D eigenvalue weighted by Crippen LogP contribution is 2.47. The van der Waals surface area contributed by atoms with Gasteiger partial charge < -0.3 is 19.1 Å². The standard InChI is InChI=1S/C20H26N2O4/c1-2-24-11-18(23)22-10-15(14-3-4-16-17(9-14)26-12-25-16)20-19(22)13-5-7-21(20)8-6-13/h3-4,9,13,15,19-20H,2,5-8,10-12H2,1H3/t15-,19+,20+/m0/s1. The second-order valence-corrected chi connectivity index (χ2v) is 7.76. The van der Waals surface area contributed by atoms with Crippen molar-refractivity contribution in [2.45, 2.75) is 37.8 Å². The van der Waals surface area contributed by atoms with Crippen LogP contribution >= 0.6 is 0 Å². The van der Waals surface area contributed by atoms with Gasteiger partial charge in [0.2, 0.25) is 12.7 Å². The maximum Gasteiger partial charge on any atom is 0.248 e. The lowest BCUT2D eigenvalue weighted by molar-refractivity contribution is -0.140. The van der Waals surface area contributed by atoms with Crippen molar-refractivity contribution in [2.24, 2.45) is 5.92 Å². The Morgan fingerprint density at radius 1 is 1.19 bits per heavy atom. The van der Waals surface area contributed by atoms with Gasteiger partial charge >= 0.3 is 0 Å². The van der Waals surface area contributed by atoms with Crippen molar-refractivity contribution < 1.29 is 19.0 Å². The summed E-state index contributed by atoms with van der Waals surface area (Å²) in [5, 5.41) is 0. The normalized spacial score (nSPS) is 34.2. The largest absolute Gasteiger partial charge is 0.454 e. The van der Waals surface area contributed by atoms with E-state index in [1.54, 1.807) is 0 Å². The number of rotatable bonds is 4. The van der Waals surface area contributed by atoms with Gasteiger partial charge in [-0.05, 0) is 56.5 Å². The molecule has 5 aliphatic heterocycles. The third kappa shape index (κ3) is 2.50. The Morgan fingerprint density at radius 2 is 2.00 bits per heavy atom. The summed E-state index contributed by atoms with van der Waals surface area (Å²) in [6, 6.07) is 7.00. The van der Waals surface area contributed by atoms with Crippen molar-refractivity contribution in [2.75, 3.05) is 39.6 Å². The predicted molar refractivity (Wildman–Crippen MR) is 95.4 cm³/mol. The van der Waals surface area contributed by atoms with Crippen LogP contribution in [0.2, 0.25) is 0 Å². The van der Waals surface area contributed by atoms with Crippen molar-refractivity contribution in [3.05, 3.63) is 23.8 Å². The Labute approximate surface area is 154 Å². The molecule has 6 nitrogen and oxygen atoms in total. The van der Waals surface area contributed by atoms with E-state index in [1.807, 2.05) is 13.0 Å². The summed E-state index contributed by atoms with van der Waals surface area (Å²) in [5.41, 5.74) is 1.25. The molecular formula is C20H26N2O4. The lowest BCUT2D eigenvalue weighted by Crippen LogP contribution is -2.61. The Kier molecular flexibility index (Phi) is 4.05. The molecular weight excluding hydrogens is 332 g/mol. The SMILES string of the molecule is CCOCC(=O)N1C[C@@H](c2ccc3c(c2)OCO3)[C@@H]2[C@H]1C1CCN2CC1. The van der Waals surface area contributed by atoms with E-state index in [2.05, 4.69) is 21.9 Å². The van der Waals surface area contributed by atoms with E-state index in [4.69, 9.17) is 14.2 Å². The van der Waals surface area contributed by atoms with Crippen molar-refractivity contribution in [1.82, 2.24) is 9.80 Å². The third-order valence-corrected chi connectivity index (χ3v) is 6.57.